The molecule has 1 aliphatic rings. The van der Waals surface area contributed by atoms with Gasteiger partial charge in [-0.3, -0.25) is 0 Å². The minimum Gasteiger partial charge on any atom is -0.393 e. The van der Waals surface area contributed by atoms with Crippen LogP contribution in [0.5, 0.6) is 0 Å². The third-order valence-corrected chi connectivity index (χ3v) is 4.61. The molecule has 3 aromatic rings. The third-order valence-electron chi connectivity index (χ3n) is 4.61. The van der Waals surface area contributed by atoms with Crippen LogP contribution in [0.1, 0.15) is 38.4 Å². The minimum absolute atomic E-state index is 0.135. The third kappa shape index (κ3) is 2.09. The van der Waals surface area contributed by atoms with Crippen LogP contribution in [0.4, 0.5) is 0 Å². The molecule has 0 saturated heterocycles. The summed E-state index contributed by atoms with van der Waals surface area (Å²) in [6.07, 6.45) is 8.12. The molecule has 1 aliphatic carbocycles. The summed E-state index contributed by atoms with van der Waals surface area (Å²) in [5, 5.41) is 14.7. The second-order valence-corrected chi connectivity index (χ2v) is 6.20. The van der Waals surface area contributed by atoms with E-state index in [-0.39, 0.29) is 11.5 Å². The van der Waals surface area contributed by atoms with E-state index in [9.17, 15) is 5.11 Å². The highest BCUT2D eigenvalue weighted by Gasteiger charge is 2.36. The second kappa shape index (κ2) is 4.88. The lowest BCUT2D eigenvalue weighted by molar-refractivity contribution is 0.0971. The van der Waals surface area contributed by atoms with Crippen molar-refractivity contribution in [2.24, 2.45) is 0 Å². The van der Waals surface area contributed by atoms with Gasteiger partial charge >= 0.3 is 0 Å². The van der Waals surface area contributed by atoms with E-state index in [1.165, 1.54) is 6.33 Å². The molecule has 0 amide bonds. The molecular weight excluding hydrogens is 282 g/mol. The zero-order chi connectivity index (χ0) is 15.2. The van der Waals surface area contributed by atoms with Gasteiger partial charge in [0.05, 0.1) is 11.7 Å². The van der Waals surface area contributed by atoms with Crippen molar-refractivity contribution in [1.29, 1.82) is 0 Å². The normalized spacial score (nSPS) is 25.6. The van der Waals surface area contributed by atoms with Crippen molar-refractivity contribution < 1.29 is 9.63 Å². The van der Waals surface area contributed by atoms with E-state index in [1.807, 2.05) is 6.20 Å². The van der Waals surface area contributed by atoms with Crippen LogP contribution in [0.25, 0.3) is 22.5 Å². The molecule has 1 fully saturated rings. The molecule has 7 heteroatoms. The van der Waals surface area contributed by atoms with Gasteiger partial charge in [0.1, 0.15) is 12.0 Å². The van der Waals surface area contributed by atoms with E-state index >= 15 is 0 Å². The summed E-state index contributed by atoms with van der Waals surface area (Å²) in [6.45, 7) is 2.13. The molecule has 0 spiro atoms. The first-order valence-corrected chi connectivity index (χ1v) is 7.45. The number of aromatic nitrogens is 5. The van der Waals surface area contributed by atoms with Gasteiger partial charge in [-0.25, -0.2) is 9.97 Å². The number of hydrogen-bond acceptors (Lipinski definition) is 6. The van der Waals surface area contributed by atoms with Crippen molar-refractivity contribution in [2.75, 3.05) is 0 Å². The van der Waals surface area contributed by atoms with Crippen LogP contribution in [0, 0.1) is 0 Å². The average molecular weight is 299 g/mol. The standard InChI is InChI=1S/C15H17N5O2/c1-15(4-2-9(21)3-5-15)14-19-13(22-20-14)11-7-17-12-10(11)6-16-8-18-12/h6-9,21H,2-5H2,1H3,(H,16,17,18). The van der Waals surface area contributed by atoms with Crippen molar-refractivity contribution in [2.45, 2.75) is 44.1 Å². The van der Waals surface area contributed by atoms with Gasteiger partial charge < -0.3 is 14.6 Å². The maximum absolute atomic E-state index is 9.68. The Morgan fingerprint density at radius 3 is 3.00 bits per heavy atom. The van der Waals surface area contributed by atoms with E-state index in [4.69, 9.17) is 4.52 Å². The Bertz CT molecular complexity index is 801. The zero-order valence-electron chi connectivity index (χ0n) is 12.3. The summed E-state index contributed by atoms with van der Waals surface area (Å²) in [5.41, 5.74) is 1.43. The van der Waals surface area contributed by atoms with E-state index in [0.29, 0.717) is 11.7 Å². The Hall–Kier alpha value is -2.28. The smallest absolute Gasteiger partial charge is 0.260 e. The van der Waals surface area contributed by atoms with E-state index in [0.717, 1.165) is 42.3 Å². The number of H-pyrrole nitrogens is 1. The molecule has 3 aromatic heterocycles. The van der Waals surface area contributed by atoms with Crippen molar-refractivity contribution in [3.05, 3.63) is 24.5 Å². The maximum atomic E-state index is 9.68. The second-order valence-electron chi connectivity index (χ2n) is 6.20. The number of fused-ring (bicyclic) bond motifs is 1. The number of hydrogen-bond donors (Lipinski definition) is 2. The Balaban J connectivity index is 1.70. The first kappa shape index (κ1) is 13.4. The Kier molecular flexibility index (Phi) is 2.97. The quantitative estimate of drug-likeness (QED) is 0.752. The Morgan fingerprint density at radius 1 is 1.36 bits per heavy atom. The monoisotopic (exact) mass is 299 g/mol. The highest BCUT2D eigenvalue weighted by molar-refractivity contribution is 5.90. The summed E-state index contributed by atoms with van der Waals surface area (Å²) < 4.78 is 5.46. The van der Waals surface area contributed by atoms with Crippen LogP contribution in [0.2, 0.25) is 0 Å². The van der Waals surface area contributed by atoms with Gasteiger partial charge in [-0.15, -0.1) is 0 Å². The number of rotatable bonds is 2. The number of nitrogens with one attached hydrogen (secondary N) is 1. The molecule has 0 atom stereocenters. The molecule has 0 bridgehead atoms. The summed E-state index contributed by atoms with van der Waals surface area (Å²) in [7, 11) is 0. The topological polar surface area (TPSA) is 101 Å². The van der Waals surface area contributed by atoms with Crippen molar-refractivity contribution in [3.8, 4) is 11.5 Å². The van der Waals surface area contributed by atoms with Crippen LogP contribution < -0.4 is 0 Å². The highest BCUT2D eigenvalue weighted by Crippen LogP contribution is 2.38. The predicted molar refractivity (Wildman–Crippen MR) is 79.0 cm³/mol. The molecule has 3 heterocycles. The predicted octanol–water partition coefficient (Wildman–Crippen LogP) is 2.20. The summed E-state index contributed by atoms with van der Waals surface area (Å²) in [6, 6.07) is 0. The fraction of sp³-hybridized carbons (Fsp3) is 0.467. The SMILES string of the molecule is CC1(c2noc(-c3c[nH]c4ncncc34)n2)CCC(O)CC1. The number of aromatic amines is 1. The number of aliphatic hydroxyl groups excluding tert-OH is 1. The molecule has 0 unspecified atom stereocenters. The minimum atomic E-state index is -0.204. The highest BCUT2D eigenvalue weighted by atomic mass is 16.5. The Labute approximate surface area is 126 Å². The molecule has 2 N–H and O–H groups in total. The fourth-order valence-electron chi connectivity index (χ4n) is 3.08. The Morgan fingerprint density at radius 2 is 2.18 bits per heavy atom. The van der Waals surface area contributed by atoms with Crippen LogP contribution in [-0.4, -0.2) is 36.3 Å². The van der Waals surface area contributed by atoms with Gasteiger partial charge in [0.15, 0.2) is 5.82 Å². The molecule has 0 radical (unpaired) electrons. The number of aliphatic hydroxyl groups is 1. The van der Waals surface area contributed by atoms with Gasteiger partial charge in [-0.05, 0) is 25.7 Å². The molecule has 4 rings (SSSR count). The number of nitrogens with zero attached hydrogens (tertiary/aromatic N) is 4. The first-order chi connectivity index (χ1) is 10.7. The van der Waals surface area contributed by atoms with Crippen LogP contribution in [0.3, 0.4) is 0 Å². The molecule has 1 saturated carbocycles. The van der Waals surface area contributed by atoms with Crippen LogP contribution in [-0.2, 0) is 5.41 Å². The van der Waals surface area contributed by atoms with Crippen molar-refractivity contribution in [3.63, 3.8) is 0 Å². The summed E-state index contributed by atoms with van der Waals surface area (Å²) >= 11 is 0. The zero-order valence-corrected chi connectivity index (χ0v) is 12.3. The van der Waals surface area contributed by atoms with E-state index in [2.05, 4.69) is 32.0 Å². The van der Waals surface area contributed by atoms with Crippen molar-refractivity contribution in [1.82, 2.24) is 25.1 Å². The molecule has 22 heavy (non-hydrogen) atoms. The van der Waals surface area contributed by atoms with Gasteiger partial charge in [0.2, 0.25) is 0 Å². The molecule has 114 valence electrons. The van der Waals surface area contributed by atoms with Crippen LogP contribution >= 0.6 is 0 Å². The lowest BCUT2D eigenvalue weighted by atomic mass is 9.74. The van der Waals surface area contributed by atoms with E-state index < -0.39 is 0 Å². The largest absolute Gasteiger partial charge is 0.393 e. The fourth-order valence-corrected chi connectivity index (χ4v) is 3.08. The summed E-state index contributed by atoms with van der Waals surface area (Å²) in [5.74, 6) is 1.18. The van der Waals surface area contributed by atoms with Gasteiger partial charge in [-0.2, -0.15) is 4.98 Å². The van der Waals surface area contributed by atoms with E-state index in [1.54, 1.807) is 6.20 Å². The average Bonchev–Trinajstić information content (AvgIpc) is 3.17. The molecule has 0 aromatic carbocycles. The first-order valence-electron chi connectivity index (χ1n) is 7.45. The maximum Gasteiger partial charge on any atom is 0.260 e. The summed E-state index contributed by atoms with van der Waals surface area (Å²) in [4.78, 5) is 15.9. The van der Waals surface area contributed by atoms with Gasteiger partial charge in [0, 0.05) is 23.2 Å². The molecule has 7 nitrogen and oxygen atoms in total. The lowest BCUT2D eigenvalue weighted by Crippen LogP contribution is -2.31. The van der Waals surface area contributed by atoms with Gasteiger partial charge in [0.25, 0.3) is 5.89 Å². The lowest BCUT2D eigenvalue weighted by Gasteiger charge is -2.32. The molecular formula is C15H17N5O2. The van der Waals surface area contributed by atoms with Crippen LogP contribution in [0.15, 0.2) is 23.2 Å². The molecule has 0 aliphatic heterocycles. The van der Waals surface area contributed by atoms with Crippen molar-refractivity contribution >= 4 is 11.0 Å². The van der Waals surface area contributed by atoms with Gasteiger partial charge in [-0.1, -0.05) is 12.1 Å².